The third-order valence-corrected chi connectivity index (χ3v) is 2.71. The molecule has 2 aromatic rings. The molecule has 0 aliphatic carbocycles. The lowest BCUT2D eigenvalue weighted by atomic mass is 10.0. The first-order chi connectivity index (χ1) is 9.68. The van der Waals surface area contributed by atoms with E-state index in [1.54, 1.807) is 0 Å². The predicted octanol–water partition coefficient (Wildman–Crippen LogP) is 2.87. The van der Waals surface area contributed by atoms with E-state index in [0.29, 0.717) is 0 Å². The van der Waals surface area contributed by atoms with Crippen molar-refractivity contribution in [1.29, 1.82) is 0 Å². The average molecular weight is 308 g/mol. The Morgan fingerprint density at radius 1 is 0.571 bits per heavy atom. The molecule has 0 saturated heterocycles. The van der Waals surface area contributed by atoms with E-state index in [-0.39, 0.29) is 6.07 Å². The van der Waals surface area contributed by atoms with E-state index in [9.17, 15) is 27.1 Å². The smallest absolute Gasteiger partial charge is 0.210 e. The molecule has 4 N–H and O–H groups in total. The van der Waals surface area contributed by atoms with Crippen LogP contribution in [0, 0.1) is 29.1 Å². The van der Waals surface area contributed by atoms with Gasteiger partial charge in [0.1, 0.15) is 0 Å². The average Bonchev–Trinajstić information content (AvgIpc) is 2.46. The van der Waals surface area contributed by atoms with E-state index in [0.717, 1.165) is 0 Å². The largest absolute Gasteiger partial charge is 0.504 e. The number of hydrogen-bond acceptors (Lipinski definition) is 4. The Morgan fingerprint density at radius 2 is 1.10 bits per heavy atom. The van der Waals surface area contributed by atoms with Gasteiger partial charge in [-0.15, -0.1) is 0 Å². The van der Waals surface area contributed by atoms with Crippen LogP contribution in [-0.4, -0.2) is 20.4 Å². The minimum absolute atomic E-state index is 0.130. The summed E-state index contributed by atoms with van der Waals surface area (Å²) >= 11 is 0. The lowest BCUT2D eigenvalue weighted by Gasteiger charge is -2.12. The molecule has 4 nitrogen and oxygen atoms in total. The summed E-state index contributed by atoms with van der Waals surface area (Å²) in [5.74, 6) is -16.4. The van der Waals surface area contributed by atoms with Gasteiger partial charge in [-0.3, -0.25) is 0 Å². The lowest BCUT2D eigenvalue weighted by molar-refractivity contribution is 0.344. The van der Waals surface area contributed by atoms with Gasteiger partial charge < -0.3 is 20.4 Å². The Morgan fingerprint density at radius 3 is 1.67 bits per heavy atom. The van der Waals surface area contributed by atoms with Crippen LogP contribution in [0.25, 0.3) is 11.1 Å². The van der Waals surface area contributed by atoms with Gasteiger partial charge in [0.25, 0.3) is 0 Å². The molecule has 0 unspecified atom stereocenters. The van der Waals surface area contributed by atoms with Crippen molar-refractivity contribution in [2.45, 2.75) is 0 Å². The molecule has 0 heterocycles. The first-order valence-corrected chi connectivity index (χ1v) is 5.17. The molecular formula is C12H5F5O4. The summed E-state index contributed by atoms with van der Waals surface area (Å²) in [5.41, 5.74) is -2.72. The first kappa shape index (κ1) is 14.7. The predicted molar refractivity (Wildman–Crippen MR) is 58.3 cm³/mol. The van der Waals surface area contributed by atoms with Crippen LogP contribution in [0.5, 0.6) is 23.0 Å². The zero-order valence-corrected chi connectivity index (χ0v) is 9.76. The normalized spacial score (nSPS) is 10.9. The first-order valence-electron chi connectivity index (χ1n) is 5.17. The summed E-state index contributed by atoms with van der Waals surface area (Å²) in [5, 5.41) is 36.2. The summed E-state index contributed by atoms with van der Waals surface area (Å²) in [6.07, 6.45) is 0. The summed E-state index contributed by atoms with van der Waals surface area (Å²) in [7, 11) is 0. The number of hydrogen-bond donors (Lipinski definition) is 4. The molecule has 0 radical (unpaired) electrons. The zero-order chi connectivity index (χ0) is 16.1. The van der Waals surface area contributed by atoms with Gasteiger partial charge in [0.05, 0.1) is 5.56 Å². The second-order valence-electron chi connectivity index (χ2n) is 3.93. The molecule has 2 rings (SSSR count). The molecule has 0 aliphatic heterocycles. The van der Waals surface area contributed by atoms with Crippen molar-refractivity contribution in [3.05, 3.63) is 35.2 Å². The molecule has 0 bridgehead atoms. The van der Waals surface area contributed by atoms with Crippen molar-refractivity contribution in [2.24, 2.45) is 0 Å². The quantitative estimate of drug-likeness (QED) is 0.371. The van der Waals surface area contributed by atoms with Crippen molar-refractivity contribution in [3.8, 4) is 34.1 Å². The zero-order valence-electron chi connectivity index (χ0n) is 9.76. The van der Waals surface area contributed by atoms with Gasteiger partial charge in [-0.25, -0.2) is 13.2 Å². The van der Waals surface area contributed by atoms with Crippen LogP contribution in [0.3, 0.4) is 0 Å². The third-order valence-electron chi connectivity index (χ3n) is 2.71. The Bertz CT molecular complexity index is 731. The molecule has 112 valence electrons. The summed E-state index contributed by atoms with van der Waals surface area (Å²) in [6.45, 7) is 0. The second-order valence-corrected chi connectivity index (χ2v) is 3.93. The number of aromatic hydroxyl groups is 4. The maximum Gasteiger partial charge on any atom is 0.210 e. The molecule has 0 amide bonds. The van der Waals surface area contributed by atoms with Crippen molar-refractivity contribution >= 4 is 0 Å². The number of phenols is 4. The van der Waals surface area contributed by atoms with Gasteiger partial charge in [0.2, 0.25) is 11.6 Å². The van der Waals surface area contributed by atoms with Crippen LogP contribution in [0.15, 0.2) is 6.07 Å². The fourth-order valence-corrected chi connectivity index (χ4v) is 1.66. The summed E-state index contributed by atoms with van der Waals surface area (Å²) < 4.78 is 67.1. The molecule has 0 saturated carbocycles. The van der Waals surface area contributed by atoms with Gasteiger partial charge in [0, 0.05) is 5.56 Å². The van der Waals surface area contributed by atoms with Gasteiger partial charge in [-0.05, 0) is 6.07 Å². The van der Waals surface area contributed by atoms with Crippen molar-refractivity contribution in [2.75, 3.05) is 0 Å². The fraction of sp³-hybridized carbons (Fsp3) is 0. The molecule has 0 atom stereocenters. The highest BCUT2D eigenvalue weighted by molar-refractivity contribution is 5.75. The Balaban J connectivity index is 2.93. The molecule has 0 spiro atoms. The van der Waals surface area contributed by atoms with E-state index >= 15 is 0 Å². The van der Waals surface area contributed by atoms with Crippen molar-refractivity contribution in [3.63, 3.8) is 0 Å². The monoisotopic (exact) mass is 308 g/mol. The van der Waals surface area contributed by atoms with Crippen LogP contribution in [0.2, 0.25) is 0 Å². The van der Waals surface area contributed by atoms with E-state index in [2.05, 4.69) is 0 Å². The van der Waals surface area contributed by atoms with E-state index in [1.165, 1.54) is 0 Å². The van der Waals surface area contributed by atoms with E-state index < -0.39 is 63.2 Å². The SMILES string of the molecule is Oc1c(F)cc(-c2c(F)c(O)c(O)c(F)c2F)c(O)c1F. The highest BCUT2D eigenvalue weighted by atomic mass is 19.2. The highest BCUT2D eigenvalue weighted by Crippen LogP contribution is 2.45. The summed E-state index contributed by atoms with van der Waals surface area (Å²) in [6, 6.07) is 0.130. The number of halogens is 5. The van der Waals surface area contributed by atoms with Gasteiger partial charge in [-0.2, -0.15) is 8.78 Å². The summed E-state index contributed by atoms with van der Waals surface area (Å²) in [4.78, 5) is 0. The molecular weight excluding hydrogens is 303 g/mol. The van der Waals surface area contributed by atoms with Crippen LogP contribution in [-0.2, 0) is 0 Å². The van der Waals surface area contributed by atoms with Crippen LogP contribution < -0.4 is 0 Å². The van der Waals surface area contributed by atoms with E-state index in [4.69, 9.17) is 15.3 Å². The van der Waals surface area contributed by atoms with Crippen LogP contribution in [0.4, 0.5) is 22.0 Å². The number of rotatable bonds is 1. The molecule has 0 aromatic heterocycles. The van der Waals surface area contributed by atoms with Crippen molar-refractivity contribution < 1.29 is 42.4 Å². The molecule has 0 aliphatic rings. The topological polar surface area (TPSA) is 80.9 Å². The molecule has 0 fully saturated rings. The second kappa shape index (κ2) is 4.69. The molecule has 21 heavy (non-hydrogen) atoms. The van der Waals surface area contributed by atoms with E-state index in [1.807, 2.05) is 0 Å². The number of phenolic OH excluding ortho intramolecular Hbond substituents is 4. The van der Waals surface area contributed by atoms with Gasteiger partial charge in [0.15, 0.2) is 40.4 Å². The number of benzene rings is 2. The minimum Gasteiger partial charge on any atom is -0.504 e. The van der Waals surface area contributed by atoms with Crippen LogP contribution in [0.1, 0.15) is 0 Å². The fourth-order valence-electron chi connectivity index (χ4n) is 1.66. The standard InChI is InChI=1S/C12H5F5O4/c13-3-1-2(9(18)8(17)10(3)19)4-5(14)7(16)12(21)11(20)6(4)15/h1,18-21H. The van der Waals surface area contributed by atoms with Crippen molar-refractivity contribution in [1.82, 2.24) is 0 Å². The van der Waals surface area contributed by atoms with Gasteiger partial charge >= 0.3 is 0 Å². The third kappa shape index (κ3) is 1.97. The Labute approximate surface area is 112 Å². The maximum atomic E-state index is 13.7. The Hall–Kier alpha value is -2.71. The van der Waals surface area contributed by atoms with Gasteiger partial charge in [-0.1, -0.05) is 0 Å². The highest BCUT2D eigenvalue weighted by Gasteiger charge is 2.29. The molecule has 2 aromatic carbocycles. The minimum atomic E-state index is -2.09. The van der Waals surface area contributed by atoms with Crippen LogP contribution >= 0.6 is 0 Å². The maximum absolute atomic E-state index is 13.7. The Kier molecular flexibility index (Phi) is 3.28. The lowest BCUT2D eigenvalue weighted by Crippen LogP contribution is -1.98. The molecule has 9 heteroatoms.